The number of anilines is 2. The van der Waals surface area contributed by atoms with Gasteiger partial charge in [0.25, 0.3) is 0 Å². The third-order valence-corrected chi connectivity index (χ3v) is 4.50. The van der Waals surface area contributed by atoms with E-state index in [-0.39, 0.29) is 6.61 Å². The normalized spacial score (nSPS) is 10.8. The van der Waals surface area contributed by atoms with Crippen LogP contribution >= 0.6 is 0 Å². The summed E-state index contributed by atoms with van der Waals surface area (Å²) in [6.45, 7) is 1.08. The number of aromatic amines is 1. The molecule has 0 saturated heterocycles. The Bertz CT molecular complexity index is 1080. The van der Waals surface area contributed by atoms with E-state index in [0.717, 1.165) is 45.1 Å². The molecule has 8 heteroatoms. The molecule has 1 aromatic carbocycles. The highest BCUT2D eigenvalue weighted by molar-refractivity contribution is 5.91. The Kier molecular flexibility index (Phi) is 5.53. The molecule has 0 saturated carbocycles. The molecule has 0 radical (unpaired) electrons. The van der Waals surface area contributed by atoms with Crippen LogP contribution in [0.25, 0.3) is 22.3 Å². The van der Waals surface area contributed by atoms with Gasteiger partial charge in [-0.2, -0.15) is 5.10 Å². The maximum Gasteiger partial charge on any atom is 0.129 e. The summed E-state index contributed by atoms with van der Waals surface area (Å²) >= 11 is 0. The lowest BCUT2D eigenvalue weighted by Crippen LogP contribution is -2.08. The summed E-state index contributed by atoms with van der Waals surface area (Å²) in [6, 6.07) is 13.6. The molecular formula is C21H22N6O2. The van der Waals surface area contributed by atoms with Crippen LogP contribution in [0.3, 0.4) is 0 Å². The lowest BCUT2D eigenvalue weighted by Gasteiger charge is -2.13. The lowest BCUT2D eigenvalue weighted by molar-refractivity contribution is 0.311. The zero-order valence-electron chi connectivity index (χ0n) is 16.0. The Labute approximate surface area is 168 Å². The van der Waals surface area contributed by atoms with Crippen molar-refractivity contribution in [3.8, 4) is 17.0 Å². The minimum atomic E-state index is 0.0315. The van der Waals surface area contributed by atoms with Gasteiger partial charge in [0, 0.05) is 37.1 Å². The number of H-pyrrole nitrogens is 1. The molecule has 4 N–H and O–H groups in total. The second-order valence-corrected chi connectivity index (χ2v) is 6.46. The van der Waals surface area contributed by atoms with E-state index in [9.17, 15) is 5.11 Å². The molecule has 4 rings (SSSR count). The largest absolute Gasteiger partial charge is 0.497 e. The van der Waals surface area contributed by atoms with Crippen molar-refractivity contribution in [3.63, 3.8) is 0 Å². The van der Waals surface area contributed by atoms with Crippen LogP contribution in [0.4, 0.5) is 11.5 Å². The summed E-state index contributed by atoms with van der Waals surface area (Å²) in [7, 11) is 1.65. The maximum atomic E-state index is 9.20. The molecule has 0 unspecified atom stereocenters. The summed E-state index contributed by atoms with van der Waals surface area (Å²) in [5, 5.41) is 22.8. The smallest absolute Gasteiger partial charge is 0.129 e. The zero-order valence-corrected chi connectivity index (χ0v) is 16.0. The minimum Gasteiger partial charge on any atom is -0.497 e. The van der Waals surface area contributed by atoms with Gasteiger partial charge in [0.1, 0.15) is 17.1 Å². The van der Waals surface area contributed by atoms with Crippen molar-refractivity contribution < 1.29 is 9.84 Å². The average molecular weight is 390 g/mol. The van der Waals surface area contributed by atoms with Crippen LogP contribution in [0.2, 0.25) is 0 Å². The number of nitrogens with one attached hydrogen (secondary N) is 3. The fourth-order valence-electron chi connectivity index (χ4n) is 3.03. The molecule has 0 fully saturated rings. The molecule has 0 atom stereocenters. The minimum absolute atomic E-state index is 0.0315. The van der Waals surface area contributed by atoms with Crippen LogP contribution in [0.15, 0.2) is 54.9 Å². The van der Waals surface area contributed by atoms with Crippen LogP contribution in [-0.2, 0) is 6.54 Å². The first-order valence-corrected chi connectivity index (χ1v) is 9.29. The molecule has 3 aromatic heterocycles. The number of methoxy groups -OCH3 is 1. The second-order valence-electron chi connectivity index (χ2n) is 6.46. The molecule has 8 nitrogen and oxygen atoms in total. The van der Waals surface area contributed by atoms with Gasteiger partial charge < -0.3 is 20.5 Å². The molecule has 0 amide bonds. The summed E-state index contributed by atoms with van der Waals surface area (Å²) < 4.78 is 5.20. The molecule has 0 spiro atoms. The molecule has 3 heterocycles. The van der Waals surface area contributed by atoms with E-state index < -0.39 is 0 Å². The Hall–Kier alpha value is -3.65. The van der Waals surface area contributed by atoms with Gasteiger partial charge in [-0.3, -0.25) is 10.1 Å². The van der Waals surface area contributed by atoms with E-state index in [0.29, 0.717) is 13.1 Å². The van der Waals surface area contributed by atoms with Crippen molar-refractivity contribution in [1.29, 1.82) is 0 Å². The van der Waals surface area contributed by atoms with E-state index in [1.165, 1.54) is 0 Å². The number of pyridine rings is 2. The number of aromatic nitrogens is 4. The van der Waals surface area contributed by atoms with Gasteiger partial charge >= 0.3 is 0 Å². The van der Waals surface area contributed by atoms with Crippen molar-refractivity contribution in [2.45, 2.75) is 6.54 Å². The Balaban J connectivity index is 1.64. The zero-order chi connectivity index (χ0) is 20.1. The van der Waals surface area contributed by atoms with Crippen LogP contribution in [-0.4, -0.2) is 45.5 Å². The van der Waals surface area contributed by atoms with Crippen molar-refractivity contribution in [2.75, 3.05) is 30.9 Å². The molecular weight excluding hydrogens is 368 g/mol. The fraction of sp³-hybridized carbons (Fsp3) is 0.190. The van der Waals surface area contributed by atoms with Gasteiger partial charge in [-0.15, -0.1) is 0 Å². The summed E-state index contributed by atoms with van der Waals surface area (Å²) in [5.41, 5.74) is 5.10. The highest BCUT2D eigenvalue weighted by Gasteiger charge is 2.10. The lowest BCUT2D eigenvalue weighted by atomic mass is 10.1. The van der Waals surface area contributed by atoms with E-state index >= 15 is 0 Å². The molecule has 148 valence electrons. The number of ether oxygens (including phenoxy) is 1. The topological polar surface area (TPSA) is 108 Å². The van der Waals surface area contributed by atoms with E-state index in [1.807, 2.05) is 42.5 Å². The van der Waals surface area contributed by atoms with Crippen LogP contribution < -0.4 is 15.4 Å². The number of hydrogen-bond acceptors (Lipinski definition) is 7. The predicted molar refractivity (Wildman–Crippen MR) is 113 cm³/mol. The Morgan fingerprint density at radius 3 is 2.69 bits per heavy atom. The molecule has 0 bridgehead atoms. The highest BCUT2D eigenvalue weighted by atomic mass is 16.5. The SMILES string of the molecule is COc1ccc(CNc2cc(NCCO)c3ncc(-c4cc[nH]n4)cc3n2)cc1. The monoisotopic (exact) mass is 390 g/mol. The van der Waals surface area contributed by atoms with Crippen LogP contribution in [0.1, 0.15) is 5.56 Å². The third kappa shape index (κ3) is 4.27. The average Bonchev–Trinajstić information content (AvgIpc) is 3.31. The molecule has 0 aliphatic rings. The number of aliphatic hydroxyl groups excluding tert-OH is 1. The summed E-state index contributed by atoms with van der Waals surface area (Å²) in [4.78, 5) is 9.29. The maximum absolute atomic E-state index is 9.20. The van der Waals surface area contributed by atoms with E-state index in [2.05, 4.69) is 25.8 Å². The number of nitrogens with zero attached hydrogens (tertiary/aromatic N) is 3. The number of hydrogen-bond donors (Lipinski definition) is 4. The summed E-state index contributed by atoms with van der Waals surface area (Å²) in [5.74, 6) is 1.54. The van der Waals surface area contributed by atoms with Crippen LogP contribution in [0.5, 0.6) is 5.75 Å². The first-order valence-electron chi connectivity index (χ1n) is 9.29. The van der Waals surface area contributed by atoms with Gasteiger partial charge in [0.05, 0.1) is 30.6 Å². The van der Waals surface area contributed by atoms with Crippen molar-refractivity contribution in [3.05, 3.63) is 60.4 Å². The standard InChI is InChI=1S/C21H22N6O2/c1-29-16-4-2-14(3-5-16)12-23-20-11-18(22-8-9-28)21-19(26-20)10-15(13-24-21)17-6-7-25-27-17/h2-7,10-11,13,28H,8-9,12H2,1H3,(H,25,27)(H2,22,23,26). The molecule has 4 aromatic rings. The first-order chi connectivity index (χ1) is 14.3. The number of fused-ring (bicyclic) bond motifs is 1. The Morgan fingerprint density at radius 1 is 1.10 bits per heavy atom. The number of rotatable bonds is 8. The first kappa shape index (κ1) is 18.7. The fourth-order valence-corrected chi connectivity index (χ4v) is 3.03. The van der Waals surface area contributed by atoms with Gasteiger partial charge in [-0.25, -0.2) is 4.98 Å². The number of aliphatic hydroxyl groups is 1. The third-order valence-electron chi connectivity index (χ3n) is 4.50. The molecule has 0 aliphatic heterocycles. The van der Waals surface area contributed by atoms with Gasteiger partial charge in [-0.05, 0) is 29.8 Å². The van der Waals surface area contributed by atoms with Gasteiger partial charge in [0.2, 0.25) is 0 Å². The van der Waals surface area contributed by atoms with Gasteiger partial charge in [0.15, 0.2) is 0 Å². The molecule has 0 aliphatic carbocycles. The van der Waals surface area contributed by atoms with E-state index in [1.54, 1.807) is 19.5 Å². The van der Waals surface area contributed by atoms with E-state index in [4.69, 9.17) is 9.72 Å². The second kappa shape index (κ2) is 8.57. The van der Waals surface area contributed by atoms with Gasteiger partial charge in [-0.1, -0.05) is 12.1 Å². The quantitative estimate of drug-likeness (QED) is 0.366. The molecule has 29 heavy (non-hydrogen) atoms. The Morgan fingerprint density at radius 2 is 1.97 bits per heavy atom. The van der Waals surface area contributed by atoms with Crippen molar-refractivity contribution >= 4 is 22.5 Å². The number of benzene rings is 1. The highest BCUT2D eigenvalue weighted by Crippen LogP contribution is 2.27. The van der Waals surface area contributed by atoms with Crippen molar-refractivity contribution in [2.24, 2.45) is 0 Å². The van der Waals surface area contributed by atoms with Crippen molar-refractivity contribution in [1.82, 2.24) is 20.2 Å². The van der Waals surface area contributed by atoms with Crippen LogP contribution in [0, 0.1) is 0 Å². The summed E-state index contributed by atoms with van der Waals surface area (Å²) in [6.07, 6.45) is 3.54. The predicted octanol–water partition coefficient (Wildman–Crippen LogP) is 3.04.